The quantitative estimate of drug-likeness (QED) is 0.497. The summed E-state index contributed by atoms with van der Waals surface area (Å²) in [6, 6.07) is 5.02. The molecule has 1 amide bonds. The molecule has 8 nitrogen and oxygen atoms in total. The maximum Gasteiger partial charge on any atom is 0.254 e. The molecule has 4 N–H and O–H groups in total. The number of amides is 1. The van der Waals surface area contributed by atoms with Crippen molar-refractivity contribution in [1.29, 1.82) is 0 Å². The zero-order valence-electron chi connectivity index (χ0n) is 16.7. The fourth-order valence-corrected chi connectivity index (χ4v) is 3.64. The number of methoxy groups -OCH3 is 2. The lowest BCUT2D eigenvalue weighted by molar-refractivity contribution is -0.0745. The molecule has 0 spiro atoms. The van der Waals surface area contributed by atoms with Crippen LogP contribution >= 0.6 is 0 Å². The number of carbonyl (C=O) groups is 1. The summed E-state index contributed by atoms with van der Waals surface area (Å²) in [5, 5.41) is 20.5. The van der Waals surface area contributed by atoms with Gasteiger partial charge in [0, 0.05) is 44.3 Å². The Morgan fingerprint density at radius 3 is 2.75 bits per heavy atom. The Kier molecular flexibility index (Phi) is 8.50. The van der Waals surface area contributed by atoms with Gasteiger partial charge in [0.2, 0.25) is 0 Å². The molecule has 1 saturated heterocycles. The molecule has 0 bridgehead atoms. The fraction of sp³-hybridized carbons (Fsp3) is 0.650. The van der Waals surface area contributed by atoms with Crippen molar-refractivity contribution in [2.45, 2.75) is 25.4 Å². The number of hydrogen-bond acceptors (Lipinski definition) is 7. The number of aliphatic hydroxyl groups excluding tert-OH is 2. The van der Waals surface area contributed by atoms with Crippen LogP contribution in [0.15, 0.2) is 18.2 Å². The normalized spacial score (nSPS) is 22.2. The third kappa shape index (κ3) is 5.14. The Bertz CT molecular complexity index is 641. The highest BCUT2D eigenvalue weighted by atomic mass is 16.5. The van der Waals surface area contributed by atoms with Crippen molar-refractivity contribution in [2.24, 2.45) is 11.1 Å². The number of piperidine rings is 1. The molecule has 0 aromatic heterocycles. The second-order valence-corrected chi connectivity index (χ2v) is 7.15. The molecule has 0 saturated carbocycles. The maximum atomic E-state index is 13.1. The number of nitrogens with two attached hydrogens (primary N) is 1. The average Bonchev–Trinajstić information content (AvgIpc) is 2.73. The predicted molar refractivity (Wildman–Crippen MR) is 105 cm³/mol. The molecule has 8 heteroatoms. The van der Waals surface area contributed by atoms with E-state index >= 15 is 0 Å². The Morgan fingerprint density at radius 1 is 1.32 bits per heavy atom. The van der Waals surface area contributed by atoms with E-state index in [-0.39, 0.29) is 19.1 Å². The summed E-state index contributed by atoms with van der Waals surface area (Å²) in [4.78, 5) is 14.8. The van der Waals surface area contributed by atoms with E-state index in [4.69, 9.17) is 19.9 Å². The zero-order valence-corrected chi connectivity index (χ0v) is 16.7. The number of benzene rings is 1. The molecule has 0 radical (unpaired) electrons. The monoisotopic (exact) mass is 396 g/mol. The zero-order chi connectivity index (χ0) is 20.6. The van der Waals surface area contributed by atoms with Crippen molar-refractivity contribution in [2.75, 3.05) is 53.7 Å². The van der Waals surface area contributed by atoms with E-state index in [1.54, 1.807) is 30.2 Å². The summed E-state index contributed by atoms with van der Waals surface area (Å²) in [7, 11) is 3.15. The topological polar surface area (TPSA) is 114 Å². The molecule has 1 aliphatic heterocycles. The second kappa shape index (κ2) is 10.6. The minimum Gasteiger partial charge on any atom is -0.493 e. The fourth-order valence-electron chi connectivity index (χ4n) is 3.64. The number of aliphatic hydroxyl groups is 2. The third-order valence-electron chi connectivity index (χ3n) is 5.30. The molecular weight excluding hydrogens is 364 g/mol. The van der Waals surface area contributed by atoms with Gasteiger partial charge in [-0.15, -0.1) is 0 Å². The molecule has 0 aliphatic carbocycles. The summed E-state index contributed by atoms with van der Waals surface area (Å²) in [6.45, 7) is 1.75. The van der Waals surface area contributed by atoms with Crippen LogP contribution in [0.4, 0.5) is 0 Å². The van der Waals surface area contributed by atoms with E-state index in [2.05, 4.69) is 0 Å². The number of likely N-dealkylation sites (tertiary alicyclic amines) is 1. The molecule has 1 aromatic rings. The first kappa shape index (κ1) is 22.4. The molecule has 1 fully saturated rings. The largest absolute Gasteiger partial charge is 0.493 e. The summed E-state index contributed by atoms with van der Waals surface area (Å²) in [6.07, 6.45) is 1.05. The molecule has 1 aliphatic rings. The van der Waals surface area contributed by atoms with Crippen molar-refractivity contribution < 1.29 is 29.2 Å². The Hall–Kier alpha value is -1.87. The lowest BCUT2D eigenvalue weighted by Crippen LogP contribution is -2.55. The van der Waals surface area contributed by atoms with Crippen molar-refractivity contribution >= 4 is 5.91 Å². The van der Waals surface area contributed by atoms with Crippen LogP contribution in [0.3, 0.4) is 0 Å². The van der Waals surface area contributed by atoms with E-state index in [1.807, 2.05) is 0 Å². The van der Waals surface area contributed by atoms with E-state index in [0.717, 1.165) is 0 Å². The molecule has 158 valence electrons. The van der Waals surface area contributed by atoms with E-state index in [0.29, 0.717) is 62.6 Å². The van der Waals surface area contributed by atoms with Gasteiger partial charge in [0.25, 0.3) is 5.91 Å². The number of hydrogen-bond donors (Lipinski definition) is 3. The van der Waals surface area contributed by atoms with Crippen LogP contribution in [0.5, 0.6) is 11.5 Å². The van der Waals surface area contributed by atoms with Gasteiger partial charge in [-0.1, -0.05) is 0 Å². The number of carbonyl (C=O) groups excluding carboxylic acids is 1. The van der Waals surface area contributed by atoms with Crippen LogP contribution in [0.25, 0.3) is 0 Å². The minimum atomic E-state index is -0.738. The Labute approximate surface area is 166 Å². The van der Waals surface area contributed by atoms with Gasteiger partial charge in [0.15, 0.2) is 11.5 Å². The summed E-state index contributed by atoms with van der Waals surface area (Å²) < 4.78 is 15.9. The number of ether oxygens (including phenoxy) is 3. The highest BCUT2D eigenvalue weighted by Crippen LogP contribution is 2.36. The first-order chi connectivity index (χ1) is 13.5. The highest BCUT2D eigenvalue weighted by molar-refractivity contribution is 5.95. The Morgan fingerprint density at radius 2 is 2.11 bits per heavy atom. The smallest absolute Gasteiger partial charge is 0.254 e. The van der Waals surface area contributed by atoms with Gasteiger partial charge in [0.1, 0.15) is 6.61 Å². The van der Waals surface area contributed by atoms with Crippen molar-refractivity contribution in [1.82, 2.24) is 4.90 Å². The predicted octanol–water partition coefficient (Wildman–Crippen LogP) is 0.645. The molecule has 2 rings (SSSR count). The standard InChI is InChI=1S/C20H32N2O6/c1-26-10-3-7-20(14-23)13-22(9-6-18(20)24)19(25)15-4-5-16(27-2)17(12-15)28-11-8-21/h4-5,12,18,23-24H,3,6-11,13-14,21H2,1-2H3/t18-,20+/m1/s1. The summed E-state index contributed by atoms with van der Waals surface area (Å²) >= 11 is 0. The van der Waals surface area contributed by atoms with Crippen LogP contribution in [-0.2, 0) is 4.74 Å². The van der Waals surface area contributed by atoms with Crippen molar-refractivity contribution in [3.05, 3.63) is 23.8 Å². The van der Waals surface area contributed by atoms with Gasteiger partial charge in [-0.2, -0.15) is 0 Å². The van der Waals surface area contributed by atoms with Crippen LogP contribution < -0.4 is 15.2 Å². The first-order valence-electron chi connectivity index (χ1n) is 9.59. The summed E-state index contributed by atoms with van der Waals surface area (Å²) in [5.74, 6) is 0.824. The number of nitrogens with zero attached hydrogens (tertiary/aromatic N) is 1. The average molecular weight is 396 g/mol. The van der Waals surface area contributed by atoms with Crippen LogP contribution in [-0.4, -0.2) is 80.8 Å². The van der Waals surface area contributed by atoms with Gasteiger partial charge in [0.05, 0.1) is 19.8 Å². The molecule has 0 unspecified atom stereocenters. The van der Waals surface area contributed by atoms with E-state index < -0.39 is 11.5 Å². The lowest BCUT2D eigenvalue weighted by atomic mass is 9.74. The molecule has 1 aromatic carbocycles. The van der Waals surface area contributed by atoms with Crippen molar-refractivity contribution in [3.8, 4) is 11.5 Å². The molecule has 28 heavy (non-hydrogen) atoms. The molecule has 2 atom stereocenters. The van der Waals surface area contributed by atoms with Crippen LogP contribution in [0.1, 0.15) is 29.6 Å². The minimum absolute atomic E-state index is 0.170. The second-order valence-electron chi connectivity index (χ2n) is 7.15. The van der Waals surface area contributed by atoms with Gasteiger partial charge < -0.3 is 35.1 Å². The van der Waals surface area contributed by atoms with Crippen molar-refractivity contribution in [3.63, 3.8) is 0 Å². The molecule has 1 heterocycles. The van der Waals surface area contributed by atoms with Gasteiger partial charge in [-0.3, -0.25) is 4.79 Å². The molecular formula is C20H32N2O6. The third-order valence-corrected chi connectivity index (χ3v) is 5.30. The van der Waals surface area contributed by atoms with Crippen LogP contribution in [0.2, 0.25) is 0 Å². The van der Waals surface area contributed by atoms with Gasteiger partial charge >= 0.3 is 0 Å². The van der Waals surface area contributed by atoms with Gasteiger partial charge in [-0.25, -0.2) is 0 Å². The van der Waals surface area contributed by atoms with Gasteiger partial charge in [-0.05, 0) is 37.5 Å². The Balaban J connectivity index is 2.18. The number of rotatable bonds is 10. The lowest BCUT2D eigenvalue weighted by Gasteiger charge is -2.45. The van der Waals surface area contributed by atoms with Crippen LogP contribution in [0, 0.1) is 5.41 Å². The van der Waals surface area contributed by atoms with E-state index in [1.165, 1.54) is 7.11 Å². The SMILES string of the molecule is COCCC[C@@]1(CO)CN(C(=O)c2ccc(OC)c(OCCN)c2)CC[C@H]1O. The van der Waals surface area contributed by atoms with E-state index in [9.17, 15) is 15.0 Å². The summed E-state index contributed by atoms with van der Waals surface area (Å²) in [5.41, 5.74) is 5.22. The maximum absolute atomic E-state index is 13.1. The highest BCUT2D eigenvalue weighted by Gasteiger charge is 2.43. The first-order valence-corrected chi connectivity index (χ1v) is 9.59.